The van der Waals surface area contributed by atoms with Gasteiger partial charge in [0.15, 0.2) is 5.52 Å². The molecule has 1 aromatic carbocycles. The molecule has 0 unspecified atom stereocenters. The van der Waals surface area contributed by atoms with Crippen molar-refractivity contribution in [3.63, 3.8) is 0 Å². The van der Waals surface area contributed by atoms with Crippen LogP contribution in [0.2, 0.25) is 0 Å². The Kier molecular flexibility index (Phi) is 5.57. The molecule has 0 saturated carbocycles. The minimum atomic E-state index is -0.510. The Balaban J connectivity index is 1.35. The SMILES string of the molecule is CC(C)(C)OC(=O)N1C=C(c2cc(N3CC(CN4CCCC4)C3)c3nonc3c2)CCC1. The summed E-state index contributed by atoms with van der Waals surface area (Å²) in [5.74, 6) is 0.697. The third-order valence-electron chi connectivity index (χ3n) is 6.51. The maximum Gasteiger partial charge on any atom is 0.414 e. The summed E-state index contributed by atoms with van der Waals surface area (Å²) in [5, 5.41) is 8.30. The summed E-state index contributed by atoms with van der Waals surface area (Å²) in [5.41, 5.74) is 4.32. The van der Waals surface area contributed by atoms with Crippen LogP contribution < -0.4 is 4.90 Å². The maximum absolute atomic E-state index is 12.6. The number of carbonyl (C=O) groups is 1. The van der Waals surface area contributed by atoms with Crippen LogP contribution in [0.5, 0.6) is 0 Å². The van der Waals surface area contributed by atoms with Crippen molar-refractivity contribution in [2.75, 3.05) is 44.2 Å². The molecule has 1 aromatic heterocycles. The Bertz CT molecular complexity index is 1010. The molecule has 8 heteroatoms. The molecule has 2 aromatic rings. The van der Waals surface area contributed by atoms with Gasteiger partial charge in [0.1, 0.15) is 11.1 Å². The summed E-state index contributed by atoms with van der Waals surface area (Å²) in [4.78, 5) is 19.2. The summed E-state index contributed by atoms with van der Waals surface area (Å²) < 4.78 is 10.6. The molecule has 172 valence electrons. The second kappa shape index (κ2) is 8.39. The van der Waals surface area contributed by atoms with Crippen LogP contribution in [0.15, 0.2) is 23.0 Å². The average molecular weight is 440 g/mol. The molecule has 0 N–H and O–H groups in total. The highest BCUT2D eigenvalue weighted by Crippen LogP contribution is 2.36. The highest BCUT2D eigenvalue weighted by atomic mass is 16.6. The number of carbonyl (C=O) groups excluding carboxylic acids is 1. The number of anilines is 1. The van der Waals surface area contributed by atoms with Gasteiger partial charge in [0.05, 0.1) is 5.69 Å². The molecule has 2 fully saturated rings. The lowest BCUT2D eigenvalue weighted by Gasteiger charge is -2.42. The first-order valence-corrected chi connectivity index (χ1v) is 11.8. The van der Waals surface area contributed by atoms with Crippen LogP contribution >= 0.6 is 0 Å². The fraction of sp³-hybridized carbons (Fsp3) is 0.625. The Morgan fingerprint density at radius 2 is 1.91 bits per heavy atom. The Morgan fingerprint density at radius 3 is 2.66 bits per heavy atom. The zero-order valence-electron chi connectivity index (χ0n) is 19.3. The highest BCUT2D eigenvalue weighted by Gasteiger charge is 2.32. The molecule has 32 heavy (non-hydrogen) atoms. The van der Waals surface area contributed by atoms with Gasteiger partial charge in [0.2, 0.25) is 0 Å². The number of benzene rings is 1. The van der Waals surface area contributed by atoms with Crippen molar-refractivity contribution in [2.45, 2.75) is 52.1 Å². The molecule has 1 amide bonds. The van der Waals surface area contributed by atoms with E-state index in [2.05, 4.69) is 26.2 Å². The van der Waals surface area contributed by atoms with E-state index in [1.54, 1.807) is 4.90 Å². The van der Waals surface area contributed by atoms with Gasteiger partial charge < -0.3 is 14.5 Å². The van der Waals surface area contributed by atoms with Gasteiger partial charge in [-0.05, 0) is 93.1 Å². The van der Waals surface area contributed by atoms with Gasteiger partial charge >= 0.3 is 6.09 Å². The van der Waals surface area contributed by atoms with Gasteiger partial charge in [-0.15, -0.1) is 0 Å². The summed E-state index contributed by atoms with van der Waals surface area (Å²) in [6.45, 7) is 12.1. The third kappa shape index (κ3) is 4.46. The topological polar surface area (TPSA) is 74.9 Å². The molecule has 5 rings (SSSR count). The number of fused-ring (bicyclic) bond motifs is 1. The van der Waals surface area contributed by atoms with E-state index < -0.39 is 5.60 Å². The van der Waals surface area contributed by atoms with Crippen LogP contribution in [0, 0.1) is 5.92 Å². The number of hydrogen-bond acceptors (Lipinski definition) is 7. The lowest BCUT2D eigenvalue weighted by molar-refractivity contribution is 0.0329. The molecule has 0 radical (unpaired) electrons. The lowest BCUT2D eigenvalue weighted by atomic mass is 9.95. The van der Waals surface area contributed by atoms with Crippen molar-refractivity contribution in [1.82, 2.24) is 20.1 Å². The first kappa shape index (κ1) is 21.2. The normalized spacial score (nSPS) is 20.5. The van der Waals surface area contributed by atoms with E-state index in [1.165, 1.54) is 32.5 Å². The van der Waals surface area contributed by atoms with E-state index in [0.717, 1.165) is 53.8 Å². The molecular weight excluding hydrogens is 406 g/mol. The number of allylic oxidation sites excluding steroid dienone is 1. The van der Waals surface area contributed by atoms with E-state index >= 15 is 0 Å². The molecule has 2 saturated heterocycles. The summed E-state index contributed by atoms with van der Waals surface area (Å²) in [6, 6.07) is 4.20. The van der Waals surface area contributed by atoms with Gasteiger partial charge in [-0.25, -0.2) is 9.42 Å². The van der Waals surface area contributed by atoms with Crippen molar-refractivity contribution in [3.8, 4) is 0 Å². The van der Waals surface area contributed by atoms with E-state index in [0.29, 0.717) is 12.5 Å². The monoisotopic (exact) mass is 439 g/mol. The van der Waals surface area contributed by atoms with Crippen LogP contribution in [0.4, 0.5) is 10.5 Å². The Hall–Kier alpha value is -2.61. The van der Waals surface area contributed by atoms with E-state index in [1.807, 2.05) is 33.0 Å². The van der Waals surface area contributed by atoms with E-state index in [9.17, 15) is 4.79 Å². The number of likely N-dealkylation sites (tertiary alicyclic amines) is 1. The number of rotatable bonds is 4. The van der Waals surface area contributed by atoms with E-state index in [-0.39, 0.29) is 6.09 Å². The summed E-state index contributed by atoms with van der Waals surface area (Å²) in [7, 11) is 0. The minimum Gasteiger partial charge on any atom is -0.443 e. The van der Waals surface area contributed by atoms with Crippen molar-refractivity contribution in [1.29, 1.82) is 0 Å². The van der Waals surface area contributed by atoms with Gasteiger partial charge in [0, 0.05) is 38.3 Å². The zero-order chi connectivity index (χ0) is 22.3. The van der Waals surface area contributed by atoms with Crippen molar-refractivity contribution >= 4 is 28.4 Å². The van der Waals surface area contributed by atoms with Crippen molar-refractivity contribution < 1.29 is 14.2 Å². The fourth-order valence-corrected chi connectivity index (χ4v) is 4.95. The van der Waals surface area contributed by atoms with Crippen molar-refractivity contribution in [2.24, 2.45) is 5.92 Å². The molecule has 4 heterocycles. The molecule has 0 spiro atoms. The van der Waals surface area contributed by atoms with Crippen LogP contribution in [0.3, 0.4) is 0 Å². The van der Waals surface area contributed by atoms with Gasteiger partial charge in [-0.3, -0.25) is 4.90 Å². The summed E-state index contributed by atoms with van der Waals surface area (Å²) >= 11 is 0. The number of ether oxygens (including phenoxy) is 1. The zero-order valence-corrected chi connectivity index (χ0v) is 19.3. The third-order valence-corrected chi connectivity index (χ3v) is 6.51. The number of amides is 1. The molecule has 3 aliphatic rings. The molecule has 0 atom stereocenters. The predicted molar refractivity (Wildman–Crippen MR) is 123 cm³/mol. The largest absolute Gasteiger partial charge is 0.443 e. The average Bonchev–Trinajstić information content (AvgIpc) is 3.40. The molecule has 8 nitrogen and oxygen atoms in total. The molecule has 3 aliphatic heterocycles. The lowest BCUT2D eigenvalue weighted by Crippen LogP contribution is -2.51. The highest BCUT2D eigenvalue weighted by molar-refractivity contribution is 5.92. The van der Waals surface area contributed by atoms with Gasteiger partial charge in [-0.1, -0.05) is 0 Å². The standard InChI is InChI=1S/C24H33N5O3/c1-24(2,3)31-23(30)28-10-6-7-18(16-28)19-11-20-22(26-32-25-20)21(12-19)29-14-17(15-29)13-27-8-4-5-9-27/h11-12,16-17H,4-10,13-15H2,1-3H3. The Morgan fingerprint density at radius 1 is 1.12 bits per heavy atom. The smallest absolute Gasteiger partial charge is 0.414 e. The minimum absolute atomic E-state index is 0.299. The molecule has 0 aliphatic carbocycles. The Labute approximate surface area is 189 Å². The van der Waals surface area contributed by atoms with Crippen LogP contribution in [0.1, 0.15) is 52.0 Å². The second-order valence-corrected chi connectivity index (χ2v) is 10.3. The predicted octanol–water partition coefficient (Wildman–Crippen LogP) is 4.13. The molecule has 0 bridgehead atoms. The van der Waals surface area contributed by atoms with Crippen LogP contribution in [0.25, 0.3) is 16.6 Å². The summed E-state index contributed by atoms with van der Waals surface area (Å²) in [6.07, 6.45) is 6.11. The number of hydrogen-bond donors (Lipinski definition) is 0. The first-order valence-electron chi connectivity index (χ1n) is 11.8. The second-order valence-electron chi connectivity index (χ2n) is 10.3. The number of nitrogens with zero attached hydrogens (tertiary/aromatic N) is 5. The van der Waals surface area contributed by atoms with Crippen LogP contribution in [-0.2, 0) is 4.74 Å². The van der Waals surface area contributed by atoms with Crippen molar-refractivity contribution in [3.05, 3.63) is 23.9 Å². The quantitative estimate of drug-likeness (QED) is 0.709. The molecular formula is C24H33N5O3. The fourth-order valence-electron chi connectivity index (χ4n) is 4.95. The van der Waals surface area contributed by atoms with Crippen LogP contribution in [-0.4, -0.2) is 71.1 Å². The maximum atomic E-state index is 12.6. The van der Waals surface area contributed by atoms with E-state index in [4.69, 9.17) is 9.37 Å². The van der Waals surface area contributed by atoms with Gasteiger partial charge in [-0.2, -0.15) is 0 Å². The van der Waals surface area contributed by atoms with Gasteiger partial charge in [0.25, 0.3) is 0 Å². The number of aromatic nitrogens is 2. The first-order chi connectivity index (χ1) is 15.4.